The Morgan fingerprint density at radius 3 is 1.88 bits per heavy atom. The Bertz CT molecular complexity index is 1540. The van der Waals surface area contributed by atoms with E-state index in [0.717, 1.165) is 19.3 Å². The summed E-state index contributed by atoms with van der Waals surface area (Å²) in [5.74, 6) is -5.20. The third kappa shape index (κ3) is 12.3. The SMILES string of the molecule is CCCCCCCCCCCCCCCCOC(=O)CCC(=O)OCC(=O)[C@@]1(O)[C@H](C)C[C@H]2[C@@H]3CCC4=CC(=O)C=C[C@]4(C)[C@@]3(F)[C@@H](O)C[C@@]21C.COC(=O)CCC(=O)O. The molecule has 4 aliphatic carbocycles. The zero-order valence-corrected chi connectivity index (χ0v) is 36.9. The molecule has 8 atom stereocenters. The van der Waals surface area contributed by atoms with Crippen LogP contribution >= 0.6 is 0 Å². The van der Waals surface area contributed by atoms with Crippen LogP contribution in [-0.4, -0.2) is 88.5 Å². The number of fused-ring (bicyclic) bond motifs is 5. The Kier molecular flexibility index (Phi) is 20.1. The molecule has 0 amide bonds. The van der Waals surface area contributed by atoms with E-state index in [1.807, 2.05) is 0 Å². The largest absolute Gasteiger partial charge is 0.481 e. The molecule has 3 saturated carbocycles. The Hall–Kier alpha value is -3.45. The molecule has 0 aromatic carbocycles. The van der Waals surface area contributed by atoms with Gasteiger partial charge in [0.25, 0.3) is 0 Å². The van der Waals surface area contributed by atoms with E-state index < -0.39 is 82.2 Å². The molecule has 0 aromatic heterocycles. The number of carboxylic acids is 1. The van der Waals surface area contributed by atoms with E-state index in [1.54, 1.807) is 26.8 Å². The molecule has 0 aliphatic heterocycles. The summed E-state index contributed by atoms with van der Waals surface area (Å²) in [4.78, 5) is 70.5. The number of ketones is 2. The van der Waals surface area contributed by atoms with Crippen LogP contribution < -0.4 is 0 Å². The van der Waals surface area contributed by atoms with Crippen molar-refractivity contribution in [3.63, 3.8) is 0 Å². The summed E-state index contributed by atoms with van der Waals surface area (Å²) in [6.45, 7) is 7.10. The number of carbonyl (C=O) groups excluding carboxylic acids is 5. The predicted molar refractivity (Wildman–Crippen MR) is 223 cm³/mol. The number of rotatable bonds is 24. The average Bonchev–Trinajstić information content (AvgIpc) is 3.41. The predicted octanol–water partition coefficient (Wildman–Crippen LogP) is 8.28. The van der Waals surface area contributed by atoms with Crippen LogP contribution in [-0.2, 0) is 43.0 Å². The van der Waals surface area contributed by atoms with Gasteiger partial charge in [-0.15, -0.1) is 0 Å². The average molecular weight is 849 g/mol. The van der Waals surface area contributed by atoms with Crippen molar-refractivity contribution in [2.75, 3.05) is 20.3 Å². The summed E-state index contributed by atoms with van der Waals surface area (Å²) in [5.41, 5.74) is -5.67. The number of aliphatic hydroxyl groups excluding tert-OH is 1. The van der Waals surface area contributed by atoms with E-state index in [0.29, 0.717) is 31.4 Å². The first kappa shape index (κ1) is 50.9. The summed E-state index contributed by atoms with van der Waals surface area (Å²) in [6, 6.07) is 0. The first-order valence-electron chi connectivity index (χ1n) is 22.6. The molecule has 0 heterocycles. The first-order chi connectivity index (χ1) is 28.4. The Labute approximate surface area is 356 Å². The third-order valence-corrected chi connectivity index (χ3v) is 14.1. The number of allylic oxidation sites excluding steroid dienone is 4. The number of Topliss-reactive ketones (excluding diaryl/α,β-unsaturated/α-hetero) is 1. The lowest BCUT2D eigenvalue weighted by atomic mass is 9.44. The lowest BCUT2D eigenvalue weighted by Crippen LogP contribution is -2.69. The molecule has 340 valence electrons. The molecule has 12 nitrogen and oxygen atoms in total. The van der Waals surface area contributed by atoms with Crippen molar-refractivity contribution in [1.29, 1.82) is 0 Å². The van der Waals surface area contributed by atoms with E-state index >= 15 is 4.39 Å². The molecule has 4 rings (SSSR count). The van der Waals surface area contributed by atoms with Gasteiger partial charge in [-0.2, -0.15) is 0 Å². The van der Waals surface area contributed by atoms with E-state index in [-0.39, 0.29) is 37.9 Å². The highest BCUT2D eigenvalue weighted by atomic mass is 19.1. The minimum absolute atomic E-state index is 0.0498. The summed E-state index contributed by atoms with van der Waals surface area (Å²) >= 11 is 0. The number of hydrogen-bond donors (Lipinski definition) is 3. The second kappa shape index (κ2) is 23.7. The van der Waals surface area contributed by atoms with Crippen molar-refractivity contribution in [3.8, 4) is 0 Å². The molecule has 60 heavy (non-hydrogen) atoms. The molecule has 0 radical (unpaired) electrons. The van der Waals surface area contributed by atoms with Gasteiger partial charge in [0.2, 0.25) is 5.78 Å². The van der Waals surface area contributed by atoms with Gasteiger partial charge in [-0.05, 0) is 63.0 Å². The number of alkyl halides is 1. The van der Waals surface area contributed by atoms with Crippen molar-refractivity contribution in [2.24, 2.45) is 28.6 Å². The topological polar surface area (TPSA) is 191 Å². The van der Waals surface area contributed by atoms with Crippen LogP contribution in [0.25, 0.3) is 0 Å². The normalized spacial score (nSPS) is 30.1. The van der Waals surface area contributed by atoms with Crippen LogP contribution in [0.15, 0.2) is 23.8 Å². The third-order valence-electron chi connectivity index (χ3n) is 14.1. The van der Waals surface area contributed by atoms with Crippen LogP contribution in [0.1, 0.15) is 169 Å². The van der Waals surface area contributed by atoms with Gasteiger partial charge < -0.3 is 29.5 Å². The van der Waals surface area contributed by atoms with Gasteiger partial charge in [0.1, 0.15) is 5.60 Å². The van der Waals surface area contributed by atoms with Gasteiger partial charge >= 0.3 is 23.9 Å². The number of unbranched alkanes of at least 4 members (excludes halogenated alkanes) is 13. The van der Waals surface area contributed by atoms with Gasteiger partial charge in [-0.25, -0.2) is 4.39 Å². The van der Waals surface area contributed by atoms with Crippen LogP contribution in [0, 0.1) is 28.6 Å². The minimum Gasteiger partial charge on any atom is -0.481 e. The zero-order chi connectivity index (χ0) is 44.6. The molecular weight excluding hydrogens is 776 g/mol. The molecular formula is C47H73FO12. The smallest absolute Gasteiger partial charge is 0.306 e. The van der Waals surface area contributed by atoms with Crippen molar-refractivity contribution in [3.05, 3.63) is 23.8 Å². The number of aliphatic carboxylic acids is 1. The van der Waals surface area contributed by atoms with Crippen LogP contribution in [0.2, 0.25) is 0 Å². The lowest BCUT2D eigenvalue weighted by Gasteiger charge is -2.62. The monoisotopic (exact) mass is 849 g/mol. The van der Waals surface area contributed by atoms with E-state index in [1.165, 1.54) is 89.9 Å². The maximum Gasteiger partial charge on any atom is 0.306 e. The number of carbonyl (C=O) groups is 6. The summed E-state index contributed by atoms with van der Waals surface area (Å²) in [5, 5.41) is 31.6. The quantitative estimate of drug-likeness (QED) is 0.0479. The molecule has 0 bridgehead atoms. The van der Waals surface area contributed by atoms with Crippen LogP contribution in [0.3, 0.4) is 0 Å². The standard InChI is InChI=1S/C42H65FO8.C5H8O4/c1-5-6-7-8-9-10-11-12-13-14-15-16-17-18-25-50-37(47)21-22-38(48)51-29-36(46)42(49)30(2)26-34-33-20-19-31-27-32(44)23-24-39(31,3)41(33,43)35(45)28-40(34,42)4;1-9-5(8)3-2-4(6)7/h23-24,27,30,33-35,45,49H,5-22,25-26,28-29H2,1-4H3;2-3H2,1H3,(H,6,7)/t30-,33+,34+,35+,39+,40+,41+,42+;/m1./s1. The molecule has 0 spiro atoms. The Morgan fingerprint density at radius 2 is 1.33 bits per heavy atom. The fourth-order valence-electron chi connectivity index (χ4n) is 10.5. The van der Waals surface area contributed by atoms with Gasteiger partial charge in [0, 0.05) is 16.7 Å². The second-order valence-electron chi connectivity index (χ2n) is 18.0. The fraction of sp³-hybridized carbons (Fsp3) is 0.787. The highest BCUT2D eigenvalue weighted by molar-refractivity contribution is 6.01. The maximum absolute atomic E-state index is 17.4. The molecule has 3 N–H and O–H groups in total. The van der Waals surface area contributed by atoms with E-state index in [4.69, 9.17) is 14.6 Å². The minimum atomic E-state index is -2.07. The van der Waals surface area contributed by atoms with Gasteiger partial charge in [0.05, 0.1) is 45.5 Å². The number of halogens is 1. The molecule has 3 fully saturated rings. The number of aliphatic hydroxyl groups is 2. The number of hydrogen-bond acceptors (Lipinski definition) is 11. The molecule has 13 heteroatoms. The van der Waals surface area contributed by atoms with Crippen LogP contribution in [0.4, 0.5) is 4.39 Å². The van der Waals surface area contributed by atoms with E-state index in [2.05, 4.69) is 11.7 Å². The lowest BCUT2D eigenvalue weighted by molar-refractivity contribution is -0.220. The highest BCUT2D eigenvalue weighted by Crippen LogP contribution is 2.70. The van der Waals surface area contributed by atoms with Gasteiger partial charge in [0.15, 0.2) is 18.1 Å². The Morgan fingerprint density at radius 1 is 0.800 bits per heavy atom. The summed E-state index contributed by atoms with van der Waals surface area (Å²) in [6.07, 6.45) is 20.8. The fourth-order valence-corrected chi connectivity index (χ4v) is 10.5. The summed E-state index contributed by atoms with van der Waals surface area (Å²) in [7, 11) is 1.23. The highest BCUT2D eigenvalue weighted by Gasteiger charge is 2.75. The van der Waals surface area contributed by atoms with Gasteiger partial charge in [-0.1, -0.05) is 116 Å². The van der Waals surface area contributed by atoms with Crippen molar-refractivity contribution in [1.82, 2.24) is 0 Å². The number of methoxy groups -OCH3 is 1. The maximum atomic E-state index is 17.4. The Balaban J connectivity index is 0.000000954. The second-order valence-corrected chi connectivity index (χ2v) is 18.0. The molecule has 0 aromatic rings. The molecule has 4 aliphatic rings. The zero-order valence-electron chi connectivity index (χ0n) is 36.9. The van der Waals surface area contributed by atoms with E-state index in [9.17, 15) is 39.0 Å². The molecule has 0 unspecified atom stereocenters. The van der Waals surface area contributed by atoms with Crippen molar-refractivity contribution in [2.45, 2.75) is 186 Å². The van der Waals surface area contributed by atoms with Crippen LogP contribution in [0.5, 0.6) is 0 Å². The number of ether oxygens (including phenoxy) is 3. The molecule has 0 saturated heterocycles. The van der Waals surface area contributed by atoms with Crippen molar-refractivity contribution >= 4 is 35.4 Å². The number of esters is 3. The first-order valence-corrected chi connectivity index (χ1v) is 22.6. The van der Waals surface area contributed by atoms with Gasteiger partial charge in [-0.3, -0.25) is 28.8 Å². The summed E-state index contributed by atoms with van der Waals surface area (Å²) < 4.78 is 32.1. The van der Waals surface area contributed by atoms with Crippen molar-refractivity contribution < 1.29 is 62.7 Å². The number of carboxylic acid groups (broad SMARTS) is 1.